The van der Waals surface area contributed by atoms with Gasteiger partial charge in [0.05, 0.1) is 22.6 Å². The summed E-state index contributed by atoms with van der Waals surface area (Å²) in [5.74, 6) is -1.30. The molecule has 1 aliphatic rings. The fourth-order valence-corrected chi connectivity index (χ4v) is 4.18. The molecule has 6 nitrogen and oxygen atoms in total. The van der Waals surface area contributed by atoms with Crippen molar-refractivity contribution in [3.63, 3.8) is 0 Å². The largest absolute Gasteiger partial charge is 0.462 e. The first-order chi connectivity index (χ1) is 16.4. The molecule has 3 aromatic carbocycles. The van der Waals surface area contributed by atoms with E-state index in [1.165, 1.54) is 24.3 Å². The second-order valence-electron chi connectivity index (χ2n) is 8.04. The van der Waals surface area contributed by atoms with Gasteiger partial charge in [-0.3, -0.25) is 0 Å². The summed E-state index contributed by atoms with van der Waals surface area (Å²) in [5, 5.41) is 5.03. The van der Waals surface area contributed by atoms with E-state index in [0.717, 1.165) is 29.2 Å². The summed E-state index contributed by atoms with van der Waals surface area (Å²) in [6, 6.07) is 11.6. The molecule has 4 aromatic rings. The zero-order valence-electron chi connectivity index (χ0n) is 18.1. The third kappa shape index (κ3) is 3.94. The van der Waals surface area contributed by atoms with Crippen LogP contribution in [-0.2, 0) is 4.74 Å². The Hall–Kier alpha value is -3.65. The van der Waals surface area contributed by atoms with Crippen LogP contribution in [0.2, 0.25) is 5.02 Å². The van der Waals surface area contributed by atoms with Crippen molar-refractivity contribution in [3.8, 4) is 17.3 Å². The van der Waals surface area contributed by atoms with Gasteiger partial charge in [0.1, 0.15) is 22.8 Å². The van der Waals surface area contributed by atoms with Crippen LogP contribution >= 0.6 is 11.6 Å². The Morgan fingerprint density at radius 2 is 1.97 bits per heavy atom. The van der Waals surface area contributed by atoms with Crippen LogP contribution in [0.15, 0.2) is 48.5 Å². The van der Waals surface area contributed by atoms with Crippen molar-refractivity contribution in [3.05, 3.63) is 76.3 Å². The molecular formula is C25H20ClF2N3O3. The molecule has 0 spiro atoms. The minimum atomic E-state index is -0.769. The monoisotopic (exact) mass is 483 g/mol. The van der Waals surface area contributed by atoms with Crippen LogP contribution < -0.4 is 10.5 Å². The molecule has 1 fully saturated rings. The van der Waals surface area contributed by atoms with Crippen LogP contribution in [0, 0.1) is 11.6 Å². The summed E-state index contributed by atoms with van der Waals surface area (Å²) in [6.45, 7) is 1.82. The molecule has 1 aliphatic carbocycles. The second kappa shape index (κ2) is 8.61. The van der Waals surface area contributed by atoms with Gasteiger partial charge < -0.3 is 15.2 Å². The van der Waals surface area contributed by atoms with E-state index in [9.17, 15) is 9.18 Å². The highest BCUT2D eigenvalue weighted by Crippen LogP contribution is 2.49. The topological polar surface area (TPSA) is 79.4 Å². The molecule has 0 atom stereocenters. The molecule has 9 heteroatoms. The van der Waals surface area contributed by atoms with Crippen molar-refractivity contribution in [2.45, 2.75) is 25.7 Å². The smallest absolute Gasteiger partial charge is 0.338 e. The number of rotatable bonds is 6. The zero-order chi connectivity index (χ0) is 24.0. The highest BCUT2D eigenvalue weighted by Gasteiger charge is 2.30. The molecule has 5 rings (SSSR count). The zero-order valence-corrected chi connectivity index (χ0v) is 18.9. The molecular weight excluding hydrogens is 464 g/mol. The number of ether oxygens (including phenoxy) is 2. The fourth-order valence-electron chi connectivity index (χ4n) is 3.91. The predicted molar refractivity (Wildman–Crippen MR) is 125 cm³/mol. The highest BCUT2D eigenvalue weighted by molar-refractivity contribution is 6.32. The van der Waals surface area contributed by atoms with Gasteiger partial charge >= 0.3 is 5.97 Å². The number of para-hydroxylation sites is 1. The molecule has 2 N–H and O–H groups in total. The highest BCUT2D eigenvalue weighted by atomic mass is 35.5. The lowest BCUT2D eigenvalue weighted by molar-refractivity contribution is 0.0526. The van der Waals surface area contributed by atoms with Crippen molar-refractivity contribution in [2.24, 2.45) is 0 Å². The maximum atomic E-state index is 15.1. The van der Waals surface area contributed by atoms with Gasteiger partial charge in [0.15, 0.2) is 5.75 Å². The lowest BCUT2D eigenvalue weighted by atomic mass is 10.1. The Balaban J connectivity index is 1.63. The van der Waals surface area contributed by atoms with E-state index >= 15 is 4.39 Å². The number of anilines is 1. The quantitative estimate of drug-likeness (QED) is 0.254. The van der Waals surface area contributed by atoms with E-state index in [2.05, 4.69) is 5.10 Å². The summed E-state index contributed by atoms with van der Waals surface area (Å²) in [6.07, 6.45) is 1.97. The normalized spacial score (nSPS) is 13.3. The molecule has 1 aromatic heterocycles. The van der Waals surface area contributed by atoms with Crippen molar-refractivity contribution >= 4 is 34.2 Å². The van der Waals surface area contributed by atoms with Crippen LogP contribution in [0.4, 0.5) is 14.5 Å². The van der Waals surface area contributed by atoms with E-state index in [0.29, 0.717) is 21.8 Å². The number of nitrogen functional groups attached to an aromatic ring is 1. The fraction of sp³-hybridized carbons (Fsp3) is 0.200. The summed E-state index contributed by atoms with van der Waals surface area (Å²) in [4.78, 5) is 12.0. The Bertz CT molecular complexity index is 1430. The van der Waals surface area contributed by atoms with Gasteiger partial charge in [-0.25, -0.2) is 18.3 Å². The summed E-state index contributed by atoms with van der Waals surface area (Å²) in [5.41, 5.74) is 7.35. The maximum Gasteiger partial charge on any atom is 0.338 e. The molecule has 1 heterocycles. The molecule has 0 unspecified atom stereocenters. The van der Waals surface area contributed by atoms with Crippen LogP contribution in [0.1, 0.15) is 41.6 Å². The number of carbonyl (C=O) groups excluding carboxylic acids is 1. The van der Waals surface area contributed by atoms with Gasteiger partial charge in [-0.1, -0.05) is 17.7 Å². The number of halogens is 3. The molecule has 1 saturated carbocycles. The average Bonchev–Trinajstić information content (AvgIpc) is 3.58. The van der Waals surface area contributed by atoms with E-state index in [1.54, 1.807) is 19.1 Å². The number of nitrogens with zero attached hydrogens (tertiary/aromatic N) is 2. The van der Waals surface area contributed by atoms with Gasteiger partial charge in [-0.15, -0.1) is 5.10 Å². The van der Waals surface area contributed by atoms with E-state index in [4.69, 9.17) is 26.8 Å². The van der Waals surface area contributed by atoms with Crippen LogP contribution in [0.5, 0.6) is 11.6 Å². The number of fused-ring (bicyclic) bond motifs is 1. The molecule has 174 valence electrons. The molecule has 34 heavy (non-hydrogen) atoms. The first-order valence-electron chi connectivity index (χ1n) is 10.8. The first-order valence-corrected chi connectivity index (χ1v) is 11.2. The lowest BCUT2D eigenvalue weighted by Gasteiger charge is -2.12. The second-order valence-corrected chi connectivity index (χ2v) is 8.44. The molecule has 0 aliphatic heterocycles. The first kappa shape index (κ1) is 22.2. The van der Waals surface area contributed by atoms with Gasteiger partial charge in [0, 0.05) is 11.3 Å². The molecule has 0 bridgehead atoms. The molecule has 0 radical (unpaired) electrons. The Morgan fingerprint density at radius 3 is 2.68 bits per heavy atom. The summed E-state index contributed by atoms with van der Waals surface area (Å²) >= 11 is 6.44. The number of hydrogen-bond acceptors (Lipinski definition) is 5. The van der Waals surface area contributed by atoms with Crippen molar-refractivity contribution in [1.29, 1.82) is 0 Å². The summed E-state index contributed by atoms with van der Waals surface area (Å²) in [7, 11) is 0. The van der Waals surface area contributed by atoms with Crippen molar-refractivity contribution in [2.75, 3.05) is 12.3 Å². The Labute approximate surface area is 198 Å². The van der Waals surface area contributed by atoms with E-state index in [-0.39, 0.29) is 35.2 Å². The lowest BCUT2D eigenvalue weighted by Crippen LogP contribution is -2.07. The predicted octanol–water partition coefficient (Wildman–Crippen LogP) is 6.39. The standard InChI is InChI=1S/C25H20ClF2N3O3/c1-2-33-25(32)14-8-9-21(20(28)10-14)31-22-16(4-3-5-19(22)27)24(30-31)34-23-17(13-6-7-13)11-15(29)12-18(23)26/h3-5,8-13H,2,6-7,29H2,1H3. The van der Waals surface area contributed by atoms with E-state index < -0.39 is 17.6 Å². The number of hydrogen-bond donors (Lipinski definition) is 1. The average molecular weight is 484 g/mol. The number of esters is 1. The third-order valence-electron chi connectivity index (χ3n) is 5.62. The van der Waals surface area contributed by atoms with Crippen LogP contribution in [-0.4, -0.2) is 22.4 Å². The number of aromatic nitrogens is 2. The van der Waals surface area contributed by atoms with Crippen molar-refractivity contribution < 1.29 is 23.0 Å². The van der Waals surface area contributed by atoms with Crippen molar-refractivity contribution in [1.82, 2.24) is 9.78 Å². The van der Waals surface area contributed by atoms with Gasteiger partial charge in [-0.2, -0.15) is 0 Å². The van der Waals surface area contributed by atoms with E-state index in [1.807, 2.05) is 6.07 Å². The molecule has 0 saturated heterocycles. The Morgan fingerprint density at radius 1 is 1.18 bits per heavy atom. The van der Waals surface area contributed by atoms with Gasteiger partial charge in [-0.05, 0) is 68.1 Å². The summed E-state index contributed by atoms with van der Waals surface area (Å²) < 4.78 is 42.1. The number of carbonyl (C=O) groups is 1. The SMILES string of the molecule is CCOC(=O)c1ccc(-n2nc(Oc3c(Cl)cc(N)cc3C3CC3)c3cccc(F)c32)c(F)c1. The third-order valence-corrected chi connectivity index (χ3v) is 5.90. The number of benzene rings is 3. The van der Waals surface area contributed by atoms with Gasteiger partial charge in [0.25, 0.3) is 0 Å². The maximum absolute atomic E-state index is 15.1. The van der Waals surface area contributed by atoms with Gasteiger partial charge in [0.2, 0.25) is 5.88 Å². The Kier molecular flexibility index (Phi) is 5.61. The minimum absolute atomic E-state index is 0.0276. The molecule has 0 amide bonds. The van der Waals surface area contributed by atoms with Crippen LogP contribution in [0.3, 0.4) is 0 Å². The van der Waals surface area contributed by atoms with Crippen LogP contribution in [0.25, 0.3) is 16.6 Å². The minimum Gasteiger partial charge on any atom is -0.462 e. The number of nitrogens with two attached hydrogens (primary N) is 1.